The average molecular weight is 297 g/mol. The van der Waals surface area contributed by atoms with E-state index in [2.05, 4.69) is 10.6 Å². The zero-order valence-corrected chi connectivity index (χ0v) is 11.3. The van der Waals surface area contributed by atoms with Gasteiger partial charge in [0.05, 0.1) is 0 Å². The second kappa shape index (κ2) is 5.88. The molecule has 0 aliphatic carbocycles. The summed E-state index contributed by atoms with van der Waals surface area (Å²) in [6.07, 6.45) is 0. The average Bonchev–Trinajstić information content (AvgIpc) is 2.38. The number of anilines is 2. The molecule has 2 N–H and O–H groups in total. The summed E-state index contributed by atoms with van der Waals surface area (Å²) in [4.78, 5) is 11.8. The van der Waals surface area contributed by atoms with Crippen LogP contribution in [0.1, 0.15) is 5.56 Å². The Hall–Kier alpha value is -2.14. The molecule has 0 spiro atoms. The van der Waals surface area contributed by atoms with Gasteiger partial charge in [-0.15, -0.1) is 0 Å². The van der Waals surface area contributed by atoms with E-state index in [9.17, 15) is 13.6 Å². The third kappa shape index (κ3) is 3.24. The number of nitrogens with one attached hydrogen (secondary N) is 2. The molecular weight excluding hydrogens is 286 g/mol. The van der Waals surface area contributed by atoms with Crippen LogP contribution in [0.2, 0.25) is 5.02 Å². The van der Waals surface area contributed by atoms with E-state index in [-0.39, 0.29) is 0 Å². The number of aryl methyl sites for hydroxylation is 1. The molecule has 0 aliphatic rings. The molecule has 0 unspecified atom stereocenters. The van der Waals surface area contributed by atoms with Gasteiger partial charge in [0.15, 0.2) is 0 Å². The quantitative estimate of drug-likeness (QED) is 0.837. The molecule has 0 radical (unpaired) electrons. The summed E-state index contributed by atoms with van der Waals surface area (Å²) in [7, 11) is 0. The van der Waals surface area contributed by atoms with Crippen molar-refractivity contribution in [2.45, 2.75) is 6.92 Å². The van der Waals surface area contributed by atoms with E-state index in [1.807, 2.05) is 0 Å². The molecule has 104 valence electrons. The lowest BCUT2D eigenvalue weighted by molar-refractivity contribution is 0.262. The van der Waals surface area contributed by atoms with Gasteiger partial charge in [-0.05, 0) is 36.8 Å². The third-order valence-electron chi connectivity index (χ3n) is 2.65. The SMILES string of the molecule is Cc1ccc(Cl)cc1NC(=O)Nc1c(F)cccc1F. The lowest BCUT2D eigenvalue weighted by Crippen LogP contribution is -2.21. The molecule has 2 amide bonds. The molecule has 0 aliphatic heterocycles. The van der Waals surface area contributed by atoms with Gasteiger partial charge in [-0.3, -0.25) is 0 Å². The van der Waals surface area contributed by atoms with Crippen molar-refractivity contribution in [2.75, 3.05) is 10.6 Å². The second-order valence-electron chi connectivity index (χ2n) is 4.14. The molecule has 0 aromatic heterocycles. The van der Waals surface area contributed by atoms with Crippen LogP contribution < -0.4 is 10.6 Å². The molecule has 6 heteroatoms. The molecule has 0 heterocycles. The summed E-state index contributed by atoms with van der Waals surface area (Å²) in [5.74, 6) is -1.69. The highest BCUT2D eigenvalue weighted by Gasteiger charge is 2.12. The number of para-hydroxylation sites is 1. The number of benzene rings is 2. The van der Waals surface area contributed by atoms with Crippen LogP contribution in [-0.4, -0.2) is 6.03 Å². The van der Waals surface area contributed by atoms with Gasteiger partial charge in [-0.25, -0.2) is 13.6 Å². The maximum Gasteiger partial charge on any atom is 0.323 e. The molecule has 0 saturated heterocycles. The van der Waals surface area contributed by atoms with E-state index < -0.39 is 23.4 Å². The number of hydrogen-bond donors (Lipinski definition) is 2. The Kier molecular flexibility index (Phi) is 4.20. The van der Waals surface area contributed by atoms with Crippen LogP contribution in [0.5, 0.6) is 0 Å². The van der Waals surface area contributed by atoms with Crippen LogP contribution >= 0.6 is 11.6 Å². The Labute approximate surface area is 119 Å². The van der Waals surface area contributed by atoms with Crippen molar-refractivity contribution >= 4 is 29.0 Å². The maximum atomic E-state index is 13.4. The van der Waals surface area contributed by atoms with Crippen molar-refractivity contribution in [3.63, 3.8) is 0 Å². The van der Waals surface area contributed by atoms with Crippen LogP contribution in [0, 0.1) is 18.6 Å². The van der Waals surface area contributed by atoms with E-state index in [0.29, 0.717) is 10.7 Å². The zero-order valence-electron chi connectivity index (χ0n) is 10.5. The lowest BCUT2D eigenvalue weighted by Gasteiger charge is -2.11. The number of amides is 2. The number of urea groups is 1. The summed E-state index contributed by atoms with van der Waals surface area (Å²) >= 11 is 5.82. The fourth-order valence-electron chi connectivity index (χ4n) is 1.61. The first-order chi connectivity index (χ1) is 9.47. The van der Waals surface area contributed by atoms with Crippen LogP contribution in [0.15, 0.2) is 36.4 Å². The number of carbonyl (C=O) groups is 1. The van der Waals surface area contributed by atoms with Gasteiger partial charge in [0, 0.05) is 10.7 Å². The predicted molar refractivity (Wildman–Crippen MR) is 75.2 cm³/mol. The van der Waals surface area contributed by atoms with Crippen molar-refractivity contribution in [2.24, 2.45) is 0 Å². The fraction of sp³-hybridized carbons (Fsp3) is 0.0714. The van der Waals surface area contributed by atoms with Crippen molar-refractivity contribution in [3.8, 4) is 0 Å². The van der Waals surface area contributed by atoms with E-state index in [1.54, 1.807) is 25.1 Å². The topological polar surface area (TPSA) is 41.1 Å². The fourth-order valence-corrected chi connectivity index (χ4v) is 1.79. The zero-order chi connectivity index (χ0) is 14.7. The van der Waals surface area contributed by atoms with Gasteiger partial charge in [-0.2, -0.15) is 0 Å². The normalized spacial score (nSPS) is 10.2. The highest BCUT2D eigenvalue weighted by molar-refractivity contribution is 6.31. The van der Waals surface area contributed by atoms with Crippen LogP contribution in [0.25, 0.3) is 0 Å². The monoisotopic (exact) mass is 296 g/mol. The molecule has 0 saturated carbocycles. The molecular formula is C14H11ClF2N2O. The standard InChI is InChI=1S/C14H11ClF2N2O/c1-8-5-6-9(15)7-12(8)18-14(20)19-13-10(16)3-2-4-11(13)17/h2-7H,1H3,(H2,18,19,20). The molecule has 2 rings (SSSR count). The Balaban J connectivity index is 2.15. The molecule has 20 heavy (non-hydrogen) atoms. The number of halogens is 3. The van der Waals surface area contributed by atoms with E-state index in [4.69, 9.17) is 11.6 Å². The predicted octanol–water partition coefficient (Wildman–Crippen LogP) is 4.57. The van der Waals surface area contributed by atoms with Crippen molar-refractivity contribution in [1.82, 2.24) is 0 Å². The first-order valence-electron chi connectivity index (χ1n) is 5.75. The molecule has 0 bridgehead atoms. The van der Waals surface area contributed by atoms with E-state index in [0.717, 1.165) is 17.7 Å². The summed E-state index contributed by atoms with van der Waals surface area (Å²) in [5, 5.41) is 5.06. The summed E-state index contributed by atoms with van der Waals surface area (Å²) in [5.41, 5.74) is 0.745. The van der Waals surface area contributed by atoms with E-state index in [1.165, 1.54) is 6.07 Å². The number of hydrogen-bond acceptors (Lipinski definition) is 1. The van der Waals surface area contributed by atoms with Crippen LogP contribution in [-0.2, 0) is 0 Å². The molecule has 2 aromatic rings. The first-order valence-corrected chi connectivity index (χ1v) is 6.13. The Morgan fingerprint density at radius 3 is 2.40 bits per heavy atom. The first kappa shape index (κ1) is 14.3. The highest BCUT2D eigenvalue weighted by atomic mass is 35.5. The van der Waals surface area contributed by atoms with Gasteiger partial charge in [0.2, 0.25) is 0 Å². The second-order valence-corrected chi connectivity index (χ2v) is 4.57. The highest BCUT2D eigenvalue weighted by Crippen LogP contribution is 2.22. The molecule has 3 nitrogen and oxygen atoms in total. The van der Waals surface area contributed by atoms with Crippen LogP contribution in [0.4, 0.5) is 25.0 Å². The van der Waals surface area contributed by atoms with Gasteiger partial charge < -0.3 is 10.6 Å². The number of rotatable bonds is 2. The van der Waals surface area contributed by atoms with Crippen molar-refractivity contribution in [1.29, 1.82) is 0 Å². The maximum absolute atomic E-state index is 13.4. The largest absolute Gasteiger partial charge is 0.323 e. The minimum absolute atomic E-state index is 0.447. The van der Waals surface area contributed by atoms with Crippen molar-refractivity contribution < 1.29 is 13.6 Å². The molecule has 0 fully saturated rings. The minimum atomic E-state index is -0.844. The Bertz CT molecular complexity index is 641. The third-order valence-corrected chi connectivity index (χ3v) is 2.88. The van der Waals surface area contributed by atoms with Gasteiger partial charge >= 0.3 is 6.03 Å². The Morgan fingerprint density at radius 2 is 1.75 bits per heavy atom. The summed E-state index contributed by atoms with van der Waals surface area (Å²) in [6.45, 7) is 1.77. The minimum Gasteiger partial charge on any atom is -0.307 e. The van der Waals surface area contributed by atoms with Crippen molar-refractivity contribution in [3.05, 3.63) is 58.6 Å². The molecule has 0 atom stereocenters. The van der Waals surface area contributed by atoms with Gasteiger partial charge in [0.25, 0.3) is 0 Å². The van der Waals surface area contributed by atoms with Crippen LogP contribution in [0.3, 0.4) is 0 Å². The van der Waals surface area contributed by atoms with E-state index >= 15 is 0 Å². The molecule has 2 aromatic carbocycles. The summed E-state index contributed by atoms with van der Waals surface area (Å²) < 4.78 is 26.8. The van der Waals surface area contributed by atoms with Gasteiger partial charge in [0.1, 0.15) is 17.3 Å². The number of carbonyl (C=O) groups excluding carboxylic acids is 1. The summed E-state index contributed by atoms with van der Waals surface area (Å²) in [6, 6.07) is 7.53. The smallest absolute Gasteiger partial charge is 0.307 e. The van der Waals surface area contributed by atoms with Gasteiger partial charge in [-0.1, -0.05) is 23.7 Å². The Morgan fingerprint density at radius 1 is 1.10 bits per heavy atom. The lowest BCUT2D eigenvalue weighted by atomic mass is 10.2.